The van der Waals surface area contributed by atoms with Gasteiger partial charge in [-0.3, -0.25) is 4.79 Å². The third kappa shape index (κ3) is 3.34. The van der Waals surface area contributed by atoms with Gasteiger partial charge in [0.25, 0.3) is 5.91 Å². The molecule has 2 N–H and O–H groups in total. The molecule has 0 heterocycles. The summed E-state index contributed by atoms with van der Waals surface area (Å²) in [6, 6.07) is 2.09. The first-order chi connectivity index (χ1) is 9.67. The van der Waals surface area contributed by atoms with Gasteiger partial charge >= 0.3 is 6.18 Å². The molecule has 1 saturated carbocycles. The SMILES string of the molecule is CC(CO)(NC(=O)c1ccc(F)c(C(F)(F)F)c1)C1CC1. The van der Waals surface area contributed by atoms with Crippen molar-refractivity contribution in [1.29, 1.82) is 0 Å². The molecule has 0 spiro atoms. The lowest BCUT2D eigenvalue weighted by Crippen LogP contribution is -2.50. The van der Waals surface area contributed by atoms with Crippen molar-refractivity contribution >= 4 is 5.91 Å². The van der Waals surface area contributed by atoms with Gasteiger partial charge in [-0.15, -0.1) is 0 Å². The van der Waals surface area contributed by atoms with Crippen molar-refractivity contribution < 1.29 is 27.5 Å². The summed E-state index contributed by atoms with van der Waals surface area (Å²) >= 11 is 0. The van der Waals surface area contributed by atoms with Crippen LogP contribution in [0.4, 0.5) is 17.6 Å². The lowest BCUT2D eigenvalue weighted by atomic mass is 9.96. The zero-order valence-electron chi connectivity index (χ0n) is 11.3. The van der Waals surface area contributed by atoms with E-state index in [1.807, 2.05) is 0 Å². The van der Waals surface area contributed by atoms with Gasteiger partial charge in [-0.2, -0.15) is 13.2 Å². The van der Waals surface area contributed by atoms with Crippen LogP contribution in [0.25, 0.3) is 0 Å². The number of rotatable bonds is 4. The van der Waals surface area contributed by atoms with Gasteiger partial charge in [0.2, 0.25) is 0 Å². The van der Waals surface area contributed by atoms with Crippen LogP contribution in [0.15, 0.2) is 18.2 Å². The molecule has 116 valence electrons. The molecule has 21 heavy (non-hydrogen) atoms. The van der Waals surface area contributed by atoms with E-state index in [9.17, 15) is 27.5 Å². The maximum Gasteiger partial charge on any atom is 0.419 e. The summed E-state index contributed by atoms with van der Waals surface area (Å²) in [5, 5.41) is 11.9. The van der Waals surface area contributed by atoms with E-state index in [0.717, 1.165) is 18.9 Å². The highest BCUT2D eigenvalue weighted by Gasteiger charge is 2.42. The van der Waals surface area contributed by atoms with Gasteiger partial charge in [-0.25, -0.2) is 4.39 Å². The minimum Gasteiger partial charge on any atom is -0.394 e. The van der Waals surface area contributed by atoms with Gasteiger partial charge in [-0.1, -0.05) is 0 Å². The predicted octanol–water partition coefficient (Wildman–Crippen LogP) is 2.74. The molecule has 0 aromatic heterocycles. The van der Waals surface area contributed by atoms with E-state index in [2.05, 4.69) is 5.32 Å². The highest BCUT2D eigenvalue weighted by atomic mass is 19.4. The van der Waals surface area contributed by atoms with Crippen molar-refractivity contribution in [2.45, 2.75) is 31.5 Å². The summed E-state index contributed by atoms with van der Waals surface area (Å²) < 4.78 is 51.0. The molecule has 1 aromatic carbocycles. The van der Waals surface area contributed by atoms with Gasteiger partial charge in [-0.05, 0) is 43.9 Å². The van der Waals surface area contributed by atoms with Gasteiger partial charge < -0.3 is 10.4 Å². The minimum absolute atomic E-state index is 0.106. The number of alkyl halides is 3. The average molecular weight is 305 g/mol. The standard InChI is InChI=1S/C14H15F4NO2/c1-13(7-20,9-3-4-9)19-12(21)8-2-5-11(15)10(6-8)14(16,17)18/h2,5-6,9,20H,3-4,7H2,1H3,(H,19,21). The van der Waals surface area contributed by atoms with Crippen LogP contribution < -0.4 is 5.32 Å². The molecule has 1 atom stereocenters. The first kappa shape index (κ1) is 15.8. The Morgan fingerprint density at radius 3 is 2.48 bits per heavy atom. The third-order valence-electron chi connectivity index (χ3n) is 3.74. The van der Waals surface area contributed by atoms with Crippen LogP contribution in [0.5, 0.6) is 0 Å². The molecule has 1 aliphatic carbocycles. The quantitative estimate of drug-likeness (QED) is 0.840. The summed E-state index contributed by atoms with van der Waals surface area (Å²) in [6.45, 7) is 1.33. The van der Waals surface area contributed by atoms with E-state index in [4.69, 9.17) is 0 Å². The van der Waals surface area contributed by atoms with E-state index in [0.29, 0.717) is 12.1 Å². The highest BCUT2D eigenvalue weighted by molar-refractivity contribution is 5.95. The second kappa shape index (κ2) is 5.29. The maximum atomic E-state index is 13.2. The molecule has 1 unspecified atom stereocenters. The Balaban J connectivity index is 2.24. The fourth-order valence-corrected chi connectivity index (χ4v) is 2.21. The van der Waals surface area contributed by atoms with Crippen LogP contribution in [0.2, 0.25) is 0 Å². The van der Waals surface area contributed by atoms with E-state index >= 15 is 0 Å². The molecule has 3 nitrogen and oxygen atoms in total. The molecule has 1 amide bonds. The summed E-state index contributed by atoms with van der Waals surface area (Å²) in [5.74, 6) is -2.08. The Morgan fingerprint density at radius 1 is 1.38 bits per heavy atom. The predicted molar refractivity (Wildman–Crippen MR) is 67.1 cm³/mol. The zero-order valence-corrected chi connectivity index (χ0v) is 11.3. The Labute approximate surface area is 119 Å². The van der Waals surface area contributed by atoms with Gasteiger partial charge in [0.1, 0.15) is 5.82 Å². The Bertz CT molecular complexity index is 554. The van der Waals surface area contributed by atoms with E-state index < -0.39 is 29.0 Å². The third-order valence-corrected chi connectivity index (χ3v) is 3.74. The molecule has 1 aliphatic rings. The topological polar surface area (TPSA) is 49.3 Å². The molecule has 0 saturated heterocycles. The second-order valence-corrected chi connectivity index (χ2v) is 5.50. The summed E-state index contributed by atoms with van der Waals surface area (Å²) in [6.07, 6.45) is -3.18. The van der Waals surface area contributed by atoms with Crippen LogP contribution in [0.3, 0.4) is 0 Å². The smallest absolute Gasteiger partial charge is 0.394 e. The number of benzene rings is 1. The molecule has 2 rings (SSSR count). The molecular weight excluding hydrogens is 290 g/mol. The van der Waals surface area contributed by atoms with E-state index in [1.54, 1.807) is 6.92 Å². The van der Waals surface area contributed by atoms with Crippen molar-refractivity contribution in [2.24, 2.45) is 5.92 Å². The summed E-state index contributed by atoms with van der Waals surface area (Å²) in [7, 11) is 0. The maximum absolute atomic E-state index is 13.2. The van der Waals surface area contributed by atoms with Gasteiger partial charge in [0.05, 0.1) is 17.7 Å². The Morgan fingerprint density at radius 2 is 2.00 bits per heavy atom. The van der Waals surface area contributed by atoms with Crippen molar-refractivity contribution in [3.8, 4) is 0 Å². The average Bonchev–Trinajstić information content (AvgIpc) is 3.22. The van der Waals surface area contributed by atoms with Crippen LogP contribution >= 0.6 is 0 Å². The fraction of sp³-hybridized carbons (Fsp3) is 0.500. The fourth-order valence-electron chi connectivity index (χ4n) is 2.21. The second-order valence-electron chi connectivity index (χ2n) is 5.50. The van der Waals surface area contributed by atoms with Crippen molar-refractivity contribution in [2.75, 3.05) is 6.61 Å². The normalized spacial score (nSPS) is 18.2. The Hall–Kier alpha value is -1.63. The van der Waals surface area contributed by atoms with Crippen LogP contribution in [0.1, 0.15) is 35.7 Å². The van der Waals surface area contributed by atoms with Crippen LogP contribution in [-0.2, 0) is 6.18 Å². The number of carbonyl (C=O) groups is 1. The summed E-state index contributed by atoms with van der Waals surface area (Å²) in [4.78, 5) is 12.0. The molecule has 0 aliphatic heterocycles. The Kier molecular flexibility index (Phi) is 3.97. The molecule has 7 heteroatoms. The minimum atomic E-state index is -4.86. The number of amides is 1. The first-order valence-electron chi connectivity index (χ1n) is 6.47. The number of hydrogen-bond acceptors (Lipinski definition) is 2. The largest absolute Gasteiger partial charge is 0.419 e. The van der Waals surface area contributed by atoms with Crippen molar-refractivity contribution in [1.82, 2.24) is 5.32 Å². The molecule has 1 fully saturated rings. The number of aliphatic hydroxyl groups excluding tert-OH is 1. The molecule has 0 bridgehead atoms. The summed E-state index contributed by atoms with van der Waals surface area (Å²) in [5.41, 5.74) is -2.64. The van der Waals surface area contributed by atoms with Crippen LogP contribution in [0, 0.1) is 11.7 Å². The zero-order chi connectivity index (χ0) is 15.8. The molecular formula is C14H15F4NO2. The lowest BCUT2D eigenvalue weighted by molar-refractivity contribution is -0.140. The highest BCUT2D eigenvalue weighted by Crippen LogP contribution is 2.39. The van der Waals surface area contributed by atoms with E-state index in [-0.39, 0.29) is 18.1 Å². The number of hydrogen-bond donors (Lipinski definition) is 2. The molecule has 0 radical (unpaired) electrons. The van der Waals surface area contributed by atoms with Crippen molar-refractivity contribution in [3.63, 3.8) is 0 Å². The number of carbonyl (C=O) groups excluding carboxylic acids is 1. The lowest BCUT2D eigenvalue weighted by Gasteiger charge is -2.28. The monoisotopic (exact) mass is 305 g/mol. The molecule has 1 aromatic rings. The van der Waals surface area contributed by atoms with Crippen molar-refractivity contribution in [3.05, 3.63) is 35.1 Å². The van der Waals surface area contributed by atoms with Gasteiger partial charge in [0, 0.05) is 5.56 Å². The first-order valence-corrected chi connectivity index (χ1v) is 6.47. The number of aliphatic hydroxyl groups is 1. The van der Waals surface area contributed by atoms with Crippen LogP contribution in [-0.4, -0.2) is 23.2 Å². The van der Waals surface area contributed by atoms with Gasteiger partial charge in [0.15, 0.2) is 0 Å². The number of halogens is 4. The van der Waals surface area contributed by atoms with E-state index in [1.165, 1.54) is 0 Å². The number of nitrogens with one attached hydrogen (secondary N) is 1.